The summed E-state index contributed by atoms with van der Waals surface area (Å²) in [7, 11) is 2.31. The lowest BCUT2D eigenvalue weighted by atomic mass is 10.1. The van der Waals surface area contributed by atoms with Gasteiger partial charge in [0, 0.05) is 32.9 Å². The second kappa shape index (κ2) is 8.41. The molecule has 5 nitrogen and oxygen atoms in total. The number of carbonyl (C=O) groups is 1. The van der Waals surface area contributed by atoms with Crippen LogP contribution in [0.3, 0.4) is 0 Å². The van der Waals surface area contributed by atoms with Crippen LogP contribution in [0.2, 0.25) is 6.04 Å². The van der Waals surface area contributed by atoms with Crippen molar-refractivity contribution in [3.63, 3.8) is 0 Å². The molecule has 1 N–H and O–H groups in total. The highest BCUT2D eigenvalue weighted by Crippen LogP contribution is 2.18. The molecule has 0 fully saturated rings. The average Bonchev–Trinajstić information content (AvgIpc) is 2.34. The van der Waals surface area contributed by atoms with Crippen molar-refractivity contribution in [1.29, 1.82) is 0 Å². The highest BCUT2D eigenvalue weighted by molar-refractivity contribution is 6.60. The summed E-state index contributed by atoms with van der Waals surface area (Å²) in [6.45, 7) is 3.48. The molecule has 0 aliphatic rings. The first-order valence-corrected chi connectivity index (χ1v) is 7.51. The Morgan fingerprint density at radius 3 is 2.06 bits per heavy atom. The Labute approximate surface area is 104 Å². The Hall–Kier alpha value is -0.693. The normalized spacial score (nSPS) is 11.5. The highest BCUT2D eigenvalue weighted by Gasteiger charge is 2.36. The van der Waals surface area contributed by atoms with Crippen molar-refractivity contribution in [2.45, 2.75) is 31.7 Å². The van der Waals surface area contributed by atoms with Crippen LogP contribution < -0.4 is 0 Å². The number of rotatable bonds is 10. The maximum absolute atomic E-state index is 10.5. The zero-order valence-corrected chi connectivity index (χ0v) is 11.8. The molecule has 0 unspecified atom stereocenters. The molecule has 0 rings (SSSR count). The summed E-state index contributed by atoms with van der Waals surface area (Å²) in [6.07, 6.45) is 3.15. The molecule has 0 aliphatic heterocycles. The quantitative estimate of drug-likeness (QED) is 0.371. The van der Waals surface area contributed by atoms with Gasteiger partial charge in [-0.25, -0.2) is 4.79 Å². The second-order valence-electron chi connectivity index (χ2n) is 3.76. The van der Waals surface area contributed by atoms with E-state index in [1.807, 2.05) is 0 Å². The second-order valence-corrected chi connectivity index (χ2v) is 6.86. The Morgan fingerprint density at radius 1 is 1.12 bits per heavy atom. The Balaban J connectivity index is 3.76. The van der Waals surface area contributed by atoms with Crippen molar-refractivity contribution in [3.8, 4) is 0 Å². The van der Waals surface area contributed by atoms with Crippen LogP contribution in [-0.4, -0.2) is 41.2 Å². The topological polar surface area (TPSA) is 65.0 Å². The van der Waals surface area contributed by atoms with Gasteiger partial charge in [0.2, 0.25) is 0 Å². The van der Waals surface area contributed by atoms with Crippen molar-refractivity contribution in [2.75, 3.05) is 21.3 Å². The largest absolute Gasteiger partial charge is 0.500 e. The van der Waals surface area contributed by atoms with Gasteiger partial charge in [-0.2, -0.15) is 0 Å². The summed E-state index contributed by atoms with van der Waals surface area (Å²) in [5.74, 6) is -0.917. The number of hydrogen-bond acceptors (Lipinski definition) is 4. The van der Waals surface area contributed by atoms with Crippen molar-refractivity contribution in [2.24, 2.45) is 0 Å². The van der Waals surface area contributed by atoms with Crippen LogP contribution >= 0.6 is 0 Å². The fourth-order valence-electron chi connectivity index (χ4n) is 1.52. The van der Waals surface area contributed by atoms with Crippen molar-refractivity contribution < 1.29 is 23.2 Å². The Morgan fingerprint density at radius 2 is 1.65 bits per heavy atom. The van der Waals surface area contributed by atoms with E-state index in [9.17, 15) is 4.79 Å². The van der Waals surface area contributed by atoms with Crippen LogP contribution in [0, 0.1) is 0 Å². The molecule has 0 bridgehead atoms. The van der Waals surface area contributed by atoms with Gasteiger partial charge in [0.15, 0.2) is 0 Å². The molecule has 0 radical (unpaired) electrons. The molecule has 0 aromatic rings. The SMILES string of the molecule is C=C(CCCCC[Si](OC)(OC)OC)C(=O)O. The molecule has 0 saturated carbocycles. The molecule has 0 saturated heterocycles. The molecule has 0 spiro atoms. The van der Waals surface area contributed by atoms with Crippen LogP contribution in [0.1, 0.15) is 25.7 Å². The summed E-state index contributed by atoms with van der Waals surface area (Å²) < 4.78 is 15.9. The van der Waals surface area contributed by atoms with Gasteiger partial charge < -0.3 is 18.4 Å². The molecule has 17 heavy (non-hydrogen) atoms. The minimum absolute atomic E-state index is 0.263. The lowest BCUT2D eigenvalue weighted by Gasteiger charge is -2.24. The molecular weight excluding hydrogens is 240 g/mol. The summed E-state index contributed by atoms with van der Waals surface area (Å²) in [5, 5.41) is 8.63. The minimum atomic E-state index is -2.46. The molecule has 0 aliphatic carbocycles. The number of hydrogen-bond donors (Lipinski definition) is 1. The summed E-state index contributed by atoms with van der Waals surface area (Å²) >= 11 is 0. The first-order chi connectivity index (χ1) is 8.01. The number of unbranched alkanes of at least 4 members (excludes halogenated alkanes) is 2. The first kappa shape index (κ1) is 16.3. The van der Waals surface area contributed by atoms with E-state index >= 15 is 0 Å². The maximum atomic E-state index is 10.5. The fourth-order valence-corrected chi connectivity index (χ4v) is 3.32. The van der Waals surface area contributed by atoms with Crippen molar-refractivity contribution in [1.82, 2.24) is 0 Å². The van der Waals surface area contributed by atoms with Gasteiger partial charge in [0.25, 0.3) is 0 Å². The smallest absolute Gasteiger partial charge is 0.478 e. The van der Waals surface area contributed by atoms with Crippen molar-refractivity contribution >= 4 is 14.8 Å². The van der Waals surface area contributed by atoms with Crippen LogP contribution in [-0.2, 0) is 18.1 Å². The first-order valence-electron chi connectivity index (χ1n) is 5.58. The van der Waals surface area contributed by atoms with E-state index in [1.54, 1.807) is 21.3 Å². The third-order valence-electron chi connectivity index (χ3n) is 2.70. The van der Waals surface area contributed by atoms with Crippen LogP contribution in [0.15, 0.2) is 12.2 Å². The van der Waals surface area contributed by atoms with Gasteiger partial charge in [-0.15, -0.1) is 0 Å². The predicted molar refractivity (Wildman–Crippen MR) is 66.8 cm³/mol. The lowest BCUT2D eigenvalue weighted by Crippen LogP contribution is -2.42. The summed E-state index contributed by atoms with van der Waals surface area (Å²) in [6, 6.07) is 0.746. The molecule has 0 heterocycles. The summed E-state index contributed by atoms with van der Waals surface area (Å²) in [4.78, 5) is 10.5. The third-order valence-corrected chi connectivity index (χ3v) is 5.53. The van der Waals surface area contributed by atoms with Crippen LogP contribution in [0.4, 0.5) is 0 Å². The van der Waals surface area contributed by atoms with E-state index in [0.717, 1.165) is 25.3 Å². The van der Waals surface area contributed by atoms with Crippen LogP contribution in [0.5, 0.6) is 0 Å². The lowest BCUT2D eigenvalue weighted by molar-refractivity contribution is -0.132. The van der Waals surface area contributed by atoms with E-state index in [-0.39, 0.29) is 5.57 Å². The monoisotopic (exact) mass is 262 g/mol. The highest BCUT2D eigenvalue weighted by atomic mass is 28.4. The molecule has 100 valence electrons. The van der Waals surface area contributed by atoms with Crippen LogP contribution in [0.25, 0.3) is 0 Å². The fraction of sp³-hybridized carbons (Fsp3) is 0.727. The number of aliphatic carboxylic acids is 1. The van der Waals surface area contributed by atoms with Gasteiger partial charge in [-0.3, -0.25) is 0 Å². The van der Waals surface area contributed by atoms with Gasteiger partial charge in [0.05, 0.1) is 0 Å². The Bertz CT molecular complexity index is 242. The molecule has 6 heteroatoms. The van der Waals surface area contributed by atoms with Gasteiger partial charge in [0.1, 0.15) is 0 Å². The van der Waals surface area contributed by atoms with Crippen molar-refractivity contribution in [3.05, 3.63) is 12.2 Å². The standard InChI is InChI=1S/C11H22O5Si/c1-10(11(12)13)8-6-5-7-9-17(14-2,15-3)16-4/h1,5-9H2,2-4H3,(H,12,13). The molecule has 0 aromatic heterocycles. The van der Waals surface area contributed by atoms with E-state index < -0.39 is 14.8 Å². The predicted octanol–water partition coefficient (Wildman–Crippen LogP) is 2.07. The molecular formula is C11H22O5Si. The van der Waals surface area contributed by atoms with E-state index in [2.05, 4.69) is 6.58 Å². The minimum Gasteiger partial charge on any atom is -0.478 e. The number of carboxylic acid groups (broad SMARTS) is 1. The van der Waals surface area contributed by atoms with Gasteiger partial charge >= 0.3 is 14.8 Å². The van der Waals surface area contributed by atoms with E-state index in [4.69, 9.17) is 18.4 Å². The molecule has 0 atom stereocenters. The molecule has 0 aromatic carbocycles. The van der Waals surface area contributed by atoms with E-state index in [1.165, 1.54) is 0 Å². The van der Waals surface area contributed by atoms with Gasteiger partial charge in [-0.05, 0) is 19.3 Å². The summed E-state index contributed by atoms with van der Waals surface area (Å²) in [5.41, 5.74) is 0.263. The van der Waals surface area contributed by atoms with E-state index in [0.29, 0.717) is 6.42 Å². The zero-order valence-electron chi connectivity index (χ0n) is 10.8. The maximum Gasteiger partial charge on any atom is 0.500 e. The zero-order chi connectivity index (χ0) is 13.3. The molecule has 0 amide bonds. The third kappa shape index (κ3) is 5.97. The van der Waals surface area contributed by atoms with Gasteiger partial charge in [-0.1, -0.05) is 13.0 Å². The number of carboxylic acids is 1. The Kier molecular flexibility index (Phi) is 8.06. The average molecular weight is 262 g/mol.